The van der Waals surface area contributed by atoms with E-state index in [1.165, 1.54) is 5.56 Å². The molecule has 0 radical (unpaired) electrons. The fourth-order valence-electron chi connectivity index (χ4n) is 4.85. The first-order valence-corrected chi connectivity index (χ1v) is 15.3. The van der Waals surface area contributed by atoms with Gasteiger partial charge in [0, 0.05) is 33.7 Å². The van der Waals surface area contributed by atoms with Crippen molar-refractivity contribution >= 4 is 11.6 Å². The van der Waals surface area contributed by atoms with E-state index in [1.807, 2.05) is 31.4 Å². The van der Waals surface area contributed by atoms with Crippen LogP contribution in [0.1, 0.15) is 139 Å². The van der Waals surface area contributed by atoms with Crippen LogP contribution in [0.3, 0.4) is 0 Å². The maximum atomic E-state index is 13.8. The van der Waals surface area contributed by atoms with E-state index < -0.39 is 17.1 Å². The molecule has 0 aliphatic rings. The number of rotatable bonds is 11. The molecule has 0 aliphatic carbocycles. The summed E-state index contributed by atoms with van der Waals surface area (Å²) in [6.07, 6.45) is 1.93. The lowest BCUT2D eigenvalue weighted by Crippen LogP contribution is -2.59. The maximum Gasteiger partial charge on any atom is 0.261 e. The molecule has 3 aromatic rings. The van der Waals surface area contributed by atoms with E-state index >= 15 is 0 Å². The normalized spacial score (nSPS) is 14.4. The van der Waals surface area contributed by atoms with Crippen LogP contribution in [0, 0.1) is 0 Å². The fraction of sp³-hybridized carbons (Fsp3) is 0.676. The number of fused-ring (bicyclic) bond motifs is 1. The molecule has 3 rings (SSSR count). The lowest BCUT2D eigenvalue weighted by Gasteiger charge is -2.41. The van der Waals surface area contributed by atoms with E-state index in [0.29, 0.717) is 6.42 Å². The standard InChI is InChI=1S/C34H55N5O2/c1-15-24(41-25-19-18-22(31(7,8)16-2)20-23(25)32(9,10)17-3)28(40)35-34(13,14)33(11,12)29-37-36-27-21-26(30(4,5)6)38-39(27)29/h18-21,24,38H,15-17H2,1-14H3,(H,35,40). The molecule has 2 heterocycles. The minimum atomic E-state index is -0.655. The summed E-state index contributed by atoms with van der Waals surface area (Å²) in [6, 6.07) is 8.56. The molecule has 7 heteroatoms. The van der Waals surface area contributed by atoms with Gasteiger partial charge in [0.2, 0.25) is 0 Å². The molecule has 41 heavy (non-hydrogen) atoms. The third-order valence-electron chi connectivity index (χ3n) is 9.75. The van der Waals surface area contributed by atoms with Gasteiger partial charge in [0.25, 0.3) is 5.91 Å². The SMILES string of the molecule is CCC(Oc1ccc(C(C)(C)CC)cc1C(C)(C)CC)C(=O)NC(C)(C)C(C)(C)c1nnc2cc(C(C)(C)C)[nH]n12. The predicted octanol–water partition coefficient (Wildman–Crippen LogP) is 7.76. The first kappa shape index (κ1) is 32.7. The van der Waals surface area contributed by atoms with E-state index in [0.717, 1.165) is 41.3 Å². The van der Waals surface area contributed by atoms with Crippen molar-refractivity contribution < 1.29 is 9.53 Å². The van der Waals surface area contributed by atoms with Gasteiger partial charge in [0.05, 0.1) is 0 Å². The van der Waals surface area contributed by atoms with Crippen molar-refractivity contribution in [3.05, 3.63) is 46.9 Å². The molecule has 2 N–H and O–H groups in total. The molecule has 1 aromatic carbocycles. The lowest BCUT2D eigenvalue weighted by molar-refractivity contribution is -0.130. The smallest absolute Gasteiger partial charge is 0.261 e. The second-order valence-electron chi connectivity index (χ2n) is 15.1. The Morgan fingerprint density at radius 2 is 1.51 bits per heavy atom. The quantitative estimate of drug-likeness (QED) is 0.249. The number of aromatic nitrogens is 4. The van der Waals surface area contributed by atoms with Crippen molar-refractivity contribution in [3.63, 3.8) is 0 Å². The molecular formula is C34H55N5O2. The molecular weight excluding hydrogens is 510 g/mol. The van der Waals surface area contributed by atoms with Gasteiger partial charge in [0.1, 0.15) is 5.75 Å². The number of carbonyl (C=O) groups excluding carboxylic acids is 1. The number of benzene rings is 1. The first-order valence-electron chi connectivity index (χ1n) is 15.3. The number of amides is 1. The molecule has 2 aromatic heterocycles. The molecule has 7 nitrogen and oxygen atoms in total. The largest absolute Gasteiger partial charge is 0.480 e. The Kier molecular flexibility index (Phi) is 8.85. The Labute approximate surface area is 248 Å². The van der Waals surface area contributed by atoms with E-state index in [9.17, 15) is 4.79 Å². The van der Waals surface area contributed by atoms with Gasteiger partial charge in [0.15, 0.2) is 17.6 Å². The third-order valence-corrected chi connectivity index (χ3v) is 9.75. The van der Waals surface area contributed by atoms with Crippen molar-refractivity contribution in [3.8, 4) is 5.75 Å². The van der Waals surface area contributed by atoms with Crippen LogP contribution in [0.25, 0.3) is 5.65 Å². The summed E-state index contributed by atoms with van der Waals surface area (Å²) >= 11 is 0. The molecule has 0 saturated carbocycles. The minimum absolute atomic E-state index is 0.0484. The second-order valence-corrected chi connectivity index (χ2v) is 15.1. The van der Waals surface area contributed by atoms with E-state index in [2.05, 4.69) is 115 Å². The number of nitrogens with zero attached hydrogens (tertiary/aromatic N) is 3. The second kappa shape index (κ2) is 11.1. The zero-order chi connectivity index (χ0) is 31.2. The van der Waals surface area contributed by atoms with Crippen LogP contribution < -0.4 is 10.1 Å². The summed E-state index contributed by atoms with van der Waals surface area (Å²) in [5.74, 6) is 1.42. The molecule has 0 fully saturated rings. The van der Waals surface area contributed by atoms with Gasteiger partial charge in [-0.1, -0.05) is 95.2 Å². The van der Waals surface area contributed by atoms with Crippen LogP contribution in [0.5, 0.6) is 5.75 Å². The number of ether oxygens (including phenoxy) is 1. The van der Waals surface area contributed by atoms with Crippen molar-refractivity contribution in [2.75, 3.05) is 0 Å². The van der Waals surface area contributed by atoms with Gasteiger partial charge in [-0.25, -0.2) is 4.52 Å². The van der Waals surface area contributed by atoms with Gasteiger partial charge in [-0.2, -0.15) is 0 Å². The van der Waals surface area contributed by atoms with Crippen molar-refractivity contribution in [2.45, 2.75) is 149 Å². The van der Waals surface area contributed by atoms with Crippen LogP contribution in [0.15, 0.2) is 24.3 Å². The Balaban J connectivity index is 1.91. The van der Waals surface area contributed by atoms with Gasteiger partial charge in [-0.05, 0) is 55.6 Å². The summed E-state index contributed by atoms with van der Waals surface area (Å²) in [7, 11) is 0. The number of hydrogen-bond donors (Lipinski definition) is 2. The zero-order valence-corrected chi connectivity index (χ0v) is 28.2. The molecule has 1 amide bonds. The number of nitrogens with one attached hydrogen (secondary N) is 2. The summed E-state index contributed by atoms with van der Waals surface area (Å²) in [5.41, 5.74) is 3.02. The first-order chi connectivity index (χ1) is 18.7. The molecule has 228 valence electrons. The van der Waals surface area contributed by atoms with Crippen LogP contribution in [-0.2, 0) is 26.5 Å². The van der Waals surface area contributed by atoms with Gasteiger partial charge in [-0.3, -0.25) is 9.89 Å². The predicted molar refractivity (Wildman–Crippen MR) is 169 cm³/mol. The van der Waals surface area contributed by atoms with Crippen LogP contribution in [0.2, 0.25) is 0 Å². The summed E-state index contributed by atoms with van der Waals surface area (Å²) in [4.78, 5) is 13.8. The highest BCUT2D eigenvalue weighted by Crippen LogP contribution is 2.39. The zero-order valence-electron chi connectivity index (χ0n) is 28.2. The van der Waals surface area contributed by atoms with E-state index in [1.54, 1.807) is 0 Å². The molecule has 0 aliphatic heterocycles. The third kappa shape index (κ3) is 6.34. The number of hydrogen-bond acceptors (Lipinski definition) is 4. The van der Waals surface area contributed by atoms with E-state index in [-0.39, 0.29) is 22.2 Å². The molecule has 0 bridgehead atoms. The van der Waals surface area contributed by atoms with Crippen molar-refractivity contribution in [1.29, 1.82) is 0 Å². The summed E-state index contributed by atoms with van der Waals surface area (Å²) in [6.45, 7) is 30.2. The Hall–Kier alpha value is -2.83. The molecule has 1 unspecified atom stereocenters. The Morgan fingerprint density at radius 3 is 2.05 bits per heavy atom. The number of aromatic amines is 1. The molecule has 1 atom stereocenters. The monoisotopic (exact) mass is 565 g/mol. The Bertz CT molecular complexity index is 1370. The average Bonchev–Trinajstić information content (AvgIpc) is 3.48. The fourth-order valence-corrected chi connectivity index (χ4v) is 4.85. The van der Waals surface area contributed by atoms with Gasteiger partial charge < -0.3 is 10.1 Å². The summed E-state index contributed by atoms with van der Waals surface area (Å²) in [5, 5.41) is 15.8. The maximum absolute atomic E-state index is 13.8. The molecule has 0 spiro atoms. The van der Waals surface area contributed by atoms with Gasteiger partial charge in [-0.15, -0.1) is 10.2 Å². The van der Waals surface area contributed by atoms with Crippen LogP contribution in [0.4, 0.5) is 0 Å². The Morgan fingerprint density at radius 1 is 0.902 bits per heavy atom. The van der Waals surface area contributed by atoms with Crippen LogP contribution in [-0.4, -0.2) is 37.4 Å². The minimum Gasteiger partial charge on any atom is -0.480 e. The molecule has 0 saturated heterocycles. The highest BCUT2D eigenvalue weighted by atomic mass is 16.5. The highest BCUT2D eigenvalue weighted by Gasteiger charge is 2.44. The number of H-pyrrole nitrogens is 1. The number of carbonyl (C=O) groups is 1. The van der Waals surface area contributed by atoms with Crippen LogP contribution >= 0.6 is 0 Å². The van der Waals surface area contributed by atoms with Crippen molar-refractivity contribution in [2.24, 2.45) is 0 Å². The average molecular weight is 566 g/mol. The van der Waals surface area contributed by atoms with Gasteiger partial charge >= 0.3 is 0 Å². The lowest BCUT2D eigenvalue weighted by atomic mass is 9.73. The topological polar surface area (TPSA) is 84.3 Å². The van der Waals surface area contributed by atoms with E-state index in [4.69, 9.17) is 4.74 Å². The summed E-state index contributed by atoms with van der Waals surface area (Å²) < 4.78 is 8.50. The van der Waals surface area contributed by atoms with Crippen molar-refractivity contribution in [1.82, 2.24) is 25.1 Å². The highest BCUT2D eigenvalue weighted by molar-refractivity contribution is 5.82.